The zero-order valence-electron chi connectivity index (χ0n) is 15.5. The van der Waals surface area contributed by atoms with Gasteiger partial charge in [0.1, 0.15) is 11.6 Å². The fraction of sp³-hybridized carbons (Fsp3) is 0.600. The van der Waals surface area contributed by atoms with Crippen LogP contribution in [0.15, 0.2) is 12.1 Å². The van der Waals surface area contributed by atoms with E-state index >= 15 is 0 Å². The third-order valence-corrected chi connectivity index (χ3v) is 5.79. The number of carbonyl (C=O) groups is 3. The molecule has 2 aliphatic rings. The number of Topliss-reactive ketones (excluding diaryl/α,β-unsaturated/α-hetero) is 3. The lowest BCUT2D eigenvalue weighted by Gasteiger charge is -2.32. The number of aryl methyl sites for hydroxylation is 1. The highest BCUT2D eigenvalue weighted by atomic mass is 19.3. The van der Waals surface area contributed by atoms with Gasteiger partial charge < -0.3 is 4.74 Å². The number of hydrogen-bond donors (Lipinski definition) is 0. The fourth-order valence-electron chi connectivity index (χ4n) is 4.26. The SMILES string of the molecule is COCCCc1nc(C(F)F)ccc1C(=O)C1C(=O)C2CCC(C)(C2)C1=O. The van der Waals surface area contributed by atoms with E-state index in [1.54, 1.807) is 6.92 Å². The lowest BCUT2D eigenvalue weighted by Crippen LogP contribution is -2.46. The van der Waals surface area contributed by atoms with Gasteiger partial charge >= 0.3 is 0 Å². The molecule has 27 heavy (non-hydrogen) atoms. The molecule has 1 aromatic rings. The molecule has 1 aromatic heterocycles. The summed E-state index contributed by atoms with van der Waals surface area (Å²) >= 11 is 0. The number of halogens is 2. The molecule has 0 radical (unpaired) electrons. The van der Waals surface area contributed by atoms with Crippen LogP contribution >= 0.6 is 0 Å². The van der Waals surface area contributed by atoms with Crippen molar-refractivity contribution < 1.29 is 27.9 Å². The van der Waals surface area contributed by atoms with E-state index in [4.69, 9.17) is 4.74 Å². The maximum absolute atomic E-state index is 13.1. The van der Waals surface area contributed by atoms with Crippen LogP contribution in [0.5, 0.6) is 0 Å². The Kier molecular flexibility index (Phi) is 5.51. The highest BCUT2D eigenvalue weighted by Gasteiger charge is 2.56. The van der Waals surface area contributed by atoms with E-state index < -0.39 is 29.2 Å². The van der Waals surface area contributed by atoms with Crippen LogP contribution in [0.1, 0.15) is 60.8 Å². The summed E-state index contributed by atoms with van der Waals surface area (Å²) in [5.41, 5.74) is -0.788. The molecule has 1 heterocycles. The Morgan fingerprint density at radius 3 is 2.78 bits per heavy atom. The van der Waals surface area contributed by atoms with Crippen LogP contribution in [0.4, 0.5) is 8.78 Å². The maximum Gasteiger partial charge on any atom is 0.280 e. The number of ketones is 3. The van der Waals surface area contributed by atoms with Crippen LogP contribution in [0, 0.1) is 17.3 Å². The van der Waals surface area contributed by atoms with E-state index in [-0.39, 0.29) is 35.2 Å². The average molecular weight is 379 g/mol. The monoisotopic (exact) mass is 379 g/mol. The van der Waals surface area contributed by atoms with Crippen LogP contribution in [-0.2, 0) is 20.7 Å². The first-order valence-electron chi connectivity index (χ1n) is 9.17. The highest BCUT2D eigenvalue weighted by Crippen LogP contribution is 2.49. The first kappa shape index (κ1) is 19.7. The van der Waals surface area contributed by atoms with Gasteiger partial charge in [0.15, 0.2) is 17.3 Å². The molecule has 2 aliphatic carbocycles. The van der Waals surface area contributed by atoms with Crippen molar-refractivity contribution in [2.24, 2.45) is 17.3 Å². The first-order valence-corrected chi connectivity index (χ1v) is 9.17. The molecule has 0 amide bonds. The summed E-state index contributed by atoms with van der Waals surface area (Å²) in [7, 11) is 1.52. The number of alkyl halides is 2. The van der Waals surface area contributed by atoms with Gasteiger partial charge in [-0.1, -0.05) is 6.92 Å². The summed E-state index contributed by atoms with van der Waals surface area (Å²) in [4.78, 5) is 42.6. The summed E-state index contributed by atoms with van der Waals surface area (Å²) in [6.07, 6.45) is -0.293. The minimum Gasteiger partial charge on any atom is -0.385 e. The number of pyridine rings is 1. The van der Waals surface area contributed by atoms with Crippen LogP contribution in [0.25, 0.3) is 0 Å². The molecule has 3 atom stereocenters. The third-order valence-electron chi connectivity index (χ3n) is 5.79. The Bertz CT molecular complexity index is 779. The number of aromatic nitrogens is 1. The summed E-state index contributed by atoms with van der Waals surface area (Å²) in [5.74, 6) is -2.89. The van der Waals surface area contributed by atoms with Crippen molar-refractivity contribution in [3.8, 4) is 0 Å². The molecule has 7 heteroatoms. The topological polar surface area (TPSA) is 73.3 Å². The van der Waals surface area contributed by atoms with Crippen molar-refractivity contribution in [2.75, 3.05) is 13.7 Å². The zero-order chi connectivity index (χ0) is 19.8. The number of nitrogens with zero attached hydrogens (tertiary/aromatic N) is 1. The van der Waals surface area contributed by atoms with Crippen LogP contribution < -0.4 is 0 Å². The van der Waals surface area contributed by atoms with Gasteiger partial charge in [0, 0.05) is 30.6 Å². The van der Waals surface area contributed by atoms with E-state index in [1.807, 2.05) is 0 Å². The fourth-order valence-corrected chi connectivity index (χ4v) is 4.26. The van der Waals surface area contributed by atoms with Crippen molar-refractivity contribution in [1.29, 1.82) is 0 Å². The van der Waals surface area contributed by atoms with Crippen molar-refractivity contribution in [1.82, 2.24) is 4.98 Å². The summed E-state index contributed by atoms with van der Waals surface area (Å²) < 4.78 is 31.0. The second-order valence-corrected chi connectivity index (χ2v) is 7.69. The molecule has 0 aromatic carbocycles. The molecule has 0 saturated heterocycles. The van der Waals surface area contributed by atoms with E-state index in [1.165, 1.54) is 13.2 Å². The molecule has 0 N–H and O–H groups in total. The third kappa shape index (κ3) is 3.57. The van der Waals surface area contributed by atoms with Gasteiger partial charge in [0.25, 0.3) is 6.43 Å². The number of hydrogen-bond acceptors (Lipinski definition) is 5. The number of fused-ring (bicyclic) bond motifs is 2. The maximum atomic E-state index is 13.1. The standard InChI is InChI=1S/C20H23F2NO4/c1-20-8-7-11(10-20)16(24)15(18(20)26)17(25)12-5-6-14(19(21)22)23-13(12)4-3-9-27-2/h5-6,11,15,19H,3-4,7-10H2,1-2H3. The molecule has 0 aliphatic heterocycles. The quantitative estimate of drug-likeness (QED) is 0.413. The average Bonchev–Trinajstić information content (AvgIpc) is 3.01. The smallest absolute Gasteiger partial charge is 0.280 e. The first-order chi connectivity index (χ1) is 12.8. The Hall–Kier alpha value is -2.02. The van der Waals surface area contributed by atoms with E-state index in [0.29, 0.717) is 32.3 Å². The molecule has 2 saturated carbocycles. The lowest BCUT2D eigenvalue weighted by atomic mass is 9.68. The van der Waals surface area contributed by atoms with Crippen LogP contribution in [-0.4, -0.2) is 36.1 Å². The Morgan fingerprint density at radius 2 is 2.11 bits per heavy atom. The largest absolute Gasteiger partial charge is 0.385 e. The van der Waals surface area contributed by atoms with Gasteiger partial charge in [-0.05, 0) is 44.2 Å². The highest BCUT2D eigenvalue weighted by molar-refractivity contribution is 6.27. The van der Waals surface area contributed by atoms with Crippen molar-refractivity contribution in [3.63, 3.8) is 0 Å². The van der Waals surface area contributed by atoms with E-state index in [2.05, 4.69) is 4.98 Å². The Morgan fingerprint density at radius 1 is 1.37 bits per heavy atom. The predicted molar refractivity (Wildman–Crippen MR) is 92.7 cm³/mol. The minimum absolute atomic E-state index is 0.0899. The van der Waals surface area contributed by atoms with Crippen LogP contribution in [0.3, 0.4) is 0 Å². The molecule has 3 unspecified atom stereocenters. The number of ether oxygens (including phenoxy) is 1. The van der Waals surface area contributed by atoms with Gasteiger partial charge in [-0.25, -0.2) is 8.78 Å². The van der Waals surface area contributed by atoms with Crippen molar-refractivity contribution in [2.45, 2.75) is 45.5 Å². The van der Waals surface area contributed by atoms with Gasteiger partial charge in [-0.15, -0.1) is 0 Å². The summed E-state index contributed by atoms with van der Waals surface area (Å²) in [6.45, 7) is 2.19. The number of carbonyl (C=O) groups excluding carboxylic acids is 3. The summed E-state index contributed by atoms with van der Waals surface area (Å²) in [5, 5.41) is 0. The summed E-state index contributed by atoms with van der Waals surface area (Å²) in [6, 6.07) is 2.37. The molecule has 0 spiro atoms. The van der Waals surface area contributed by atoms with Gasteiger partial charge in [0.05, 0.1) is 5.69 Å². The molecule has 146 valence electrons. The van der Waals surface area contributed by atoms with Gasteiger partial charge in [-0.3, -0.25) is 19.4 Å². The molecule has 2 fully saturated rings. The molecular formula is C20H23F2NO4. The van der Waals surface area contributed by atoms with Crippen LogP contribution in [0.2, 0.25) is 0 Å². The van der Waals surface area contributed by atoms with Gasteiger partial charge in [0.2, 0.25) is 0 Å². The van der Waals surface area contributed by atoms with Gasteiger partial charge in [-0.2, -0.15) is 0 Å². The predicted octanol–water partition coefficient (Wildman–Crippen LogP) is 3.36. The second-order valence-electron chi connectivity index (χ2n) is 7.69. The molecule has 2 bridgehead atoms. The molecule has 5 nitrogen and oxygen atoms in total. The van der Waals surface area contributed by atoms with Crippen molar-refractivity contribution >= 4 is 17.3 Å². The molecule has 3 rings (SSSR count). The van der Waals surface area contributed by atoms with E-state index in [9.17, 15) is 23.2 Å². The Labute approximate surface area is 156 Å². The number of rotatable bonds is 7. The normalized spacial score (nSPS) is 27.4. The second kappa shape index (κ2) is 7.54. The Balaban J connectivity index is 1.95. The lowest BCUT2D eigenvalue weighted by molar-refractivity contribution is -0.141. The zero-order valence-corrected chi connectivity index (χ0v) is 15.5. The van der Waals surface area contributed by atoms with E-state index in [0.717, 1.165) is 6.07 Å². The minimum atomic E-state index is -2.76. The number of methoxy groups -OCH3 is 1. The van der Waals surface area contributed by atoms with Crippen molar-refractivity contribution in [3.05, 3.63) is 29.1 Å². The molecular weight excluding hydrogens is 356 g/mol.